The Bertz CT molecular complexity index is 820. The van der Waals surface area contributed by atoms with Crippen LogP contribution in [0, 0.1) is 6.92 Å². The molecule has 0 aliphatic carbocycles. The van der Waals surface area contributed by atoms with Gasteiger partial charge >= 0.3 is 0 Å². The molecule has 0 N–H and O–H groups in total. The first-order valence-corrected chi connectivity index (χ1v) is 9.15. The highest BCUT2D eigenvalue weighted by Crippen LogP contribution is 2.23. The third-order valence-electron chi connectivity index (χ3n) is 4.81. The zero-order valence-corrected chi connectivity index (χ0v) is 15.1. The molecule has 1 fully saturated rings. The van der Waals surface area contributed by atoms with E-state index in [-0.39, 0.29) is 18.1 Å². The van der Waals surface area contributed by atoms with Crippen molar-refractivity contribution < 1.29 is 9.53 Å². The van der Waals surface area contributed by atoms with Gasteiger partial charge < -0.3 is 14.2 Å². The van der Waals surface area contributed by atoms with Crippen LogP contribution in [-0.4, -0.2) is 35.1 Å². The molecular formula is C20H26N2O3. The average molecular weight is 342 g/mol. The van der Waals surface area contributed by atoms with E-state index in [9.17, 15) is 9.59 Å². The van der Waals surface area contributed by atoms with E-state index >= 15 is 0 Å². The summed E-state index contributed by atoms with van der Waals surface area (Å²) in [5, 5.41) is 1.04. The molecule has 1 aromatic carbocycles. The first-order chi connectivity index (χ1) is 12.1. The van der Waals surface area contributed by atoms with Crippen LogP contribution in [0.15, 0.2) is 29.1 Å². The van der Waals surface area contributed by atoms with Crippen molar-refractivity contribution in [2.24, 2.45) is 0 Å². The third kappa shape index (κ3) is 3.86. The van der Waals surface area contributed by atoms with Gasteiger partial charge in [-0.2, -0.15) is 0 Å². The molecule has 0 spiro atoms. The third-order valence-corrected chi connectivity index (χ3v) is 4.81. The molecule has 0 saturated carbocycles. The minimum Gasteiger partial charge on any atom is -0.484 e. The number of hydrogen-bond donors (Lipinski definition) is 0. The predicted octanol–water partition coefficient (Wildman–Crippen LogP) is 3.11. The molecule has 2 aromatic rings. The molecule has 5 heteroatoms. The Hall–Kier alpha value is -2.30. The van der Waals surface area contributed by atoms with E-state index in [0.717, 1.165) is 48.8 Å². The number of piperidine rings is 1. The zero-order chi connectivity index (χ0) is 17.8. The molecule has 2 heterocycles. The summed E-state index contributed by atoms with van der Waals surface area (Å²) in [5.41, 5.74) is 1.84. The van der Waals surface area contributed by atoms with Crippen LogP contribution in [0.5, 0.6) is 5.75 Å². The lowest BCUT2D eigenvalue weighted by molar-refractivity contribution is -0.134. The van der Waals surface area contributed by atoms with Gasteiger partial charge in [0.2, 0.25) is 0 Å². The van der Waals surface area contributed by atoms with Crippen molar-refractivity contribution in [1.29, 1.82) is 0 Å². The maximum absolute atomic E-state index is 12.3. The van der Waals surface area contributed by atoms with E-state index in [1.807, 2.05) is 30.0 Å². The number of fused-ring (bicyclic) bond motifs is 1. The Labute approximate surface area is 148 Å². The monoisotopic (exact) mass is 342 g/mol. The molecule has 0 unspecified atom stereocenters. The van der Waals surface area contributed by atoms with Gasteiger partial charge in [-0.3, -0.25) is 9.59 Å². The fourth-order valence-corrected chi connectivity index (χ4v) is 3.45. The van der Waals surface area contributed by atoms with Gasteiger partial charge in [0, 0.05) is 37.2 Å². The standard InChI is InChI=1S/C20H26N2O3/c1-3-9-22-18-13-16(7-8-17(18)15(2)12-19(22)23)25-14-20(24)21-10-5-4-6-11-21/h7-8,12-13H,3-6,9-11,14H2,1-2H3. The fraction of sp³-hybridized carbons (Fsp3) is 0.500. The van der Waals surface area contributed by atoms with Gasteiger partial charge in [0.05, 0.1) is 5.52 Å². The number of ether oxygens (including phenoxy) is 1. The summed E-state index contributed by atoms with van der Waals surface area (Å²) in [6.07, 6.45) is 4.23. The van der Waals surface area contributed by atoms with Gasteiger partial charge in [-0.05, 0) is 50.3 Å². The van der Waals surface area contributed by atoms with Crippen molar-refractivity contribution in [3.63, 3.8) is 0 Å². The number of carbonyl (C=O) groups excluding carboxylic acids is 1. The van der Waals surface area contributed by atoms with Crippen molar-refractivity contribution in [2.45, 2.75) is 46.1 Å². The van der Waals surface area contributed by atoms with Gasteiger partial charge in [0.15, 0.2) is 6.61 Å². The van der Waals surface area contributed by atoms with Gasteiger partial charge in [0.25, 0.3) is 11.5 Å². The van der Waals surface area contributed by atoms with E-state index in [1.165, 1.54) is 6.42 Å². The number of hydrogen-bond acceptors (Lipinski definition) is 3. The Morgan fingerprint density at radius 2 is 1.92 bits per heavy atom. The van der Waals surface area contributed by atoms with Crippen LogP contribution in [0.1, 0.15) is 38.2 Å². The number of benzene rings is 1. The zero-order valence-electron chi connectivity index (χ0n) is 15.1. The number of aromatic nitrogens is 1. The second-order valence-corrected chi connectivity index (χ2v) is 6.73. The molecule has 1 amide bonds. The highest BCUT2D eigenvalue weighted by Gasteiger charge is 2.17. The fourth-order valence-electron chi connectivity index (χ4n) is 3.45. The number of rotatable bonds is 5. The number of amides is 1. The van der Waals surface area contributed by atoms with Crippen LogP contribution >= 0.6 is 0 Å². The lowest BCUT2D eigenvalue weighted by atomic mass is 10.1. The highest BCUT2D eigenvalue weighted by molar-refractivity contribution is 5.84. The molecule has 1 aromatic heterocycles. The number of aryl methyl sites for hydroxylation is 2. The maximum atomic E-state index is 12.3. The van der Waals surface area contributed by atoms with Crippen LogP contribution in [0.4, 0.5) is 0 Å². The summed E-state index contributed by atoms with van der Waals surface area (Å²) >= 11 is 0. The Morgan fingerprint density at radius 1 is 1.16 bits per heavy atom. The molecule has 5 nitrogen and oxygen atoms in total. The van der Waals surface area contributed by atoms with Crippen LogP contribution in [0.25, 0.3) is 10.9 Å². The topological polar surface area (TPSA) is 51.5 Å². The average Bonchev–Trinajstić information content (AvgIpc) is 2.63. The number of carbonyl (C=O) groups is 1. The molecule has 1 aliphatic heterocycles. The summed E-state index contributed by atoms with van der Waals surface area (Å²) in [5.74, 6) is 0.669. The highest BCUT2D eigenvalue weighted by atomic mass is 16.5. The molecule has 0 radical (unpaired) electrons. The predicted molar refractivity (Wildman–Crippen MR) is 99.2 cm³/mol. The summed E-state index contributed by atoms with van der Waals surface area (Å²) in [7, 11) is 0. The molecule has 134 valence electrons. The first kappa shape index (κ1) is 17.5. The van der Waals surface area contributed by atoms with Gasteiger partial charge in [-0.25, -0.2) is 0 Å². The quantitative estimate of drug-likeness (QED) is 0.839. The molecule has 0 bridgehead atoms. The molecular weight excluding hydrogens is 316 g/mol. The lowest BCUT2D eigenvalue weighted by Crippen LogP contribution is -2.38. The SMILES string of the molecule is CCCn1c(=O)cc(C)c2ccc(OCC(=O)N3CCCCC3)cc21. The smallest absolute Gasteiger partial charge is 0.260 e. The lowest BCUT2D eigenvalue weighted by Gasteiger charge is -2.26. The largest absolute Gasteiger partial charge is 0.484 e. The van der Waals surface area contributed by atoms with E-state index in [4.69, 9.17) is 4.74 Å². The van der Waals surface area contributed by atoms with Gasteiger partial charge in [0.1, 0.15) is 5.75 Å². The van der Waals surface area contributed by atoms with Crippen LogP contribution in [-0.2, 0) is 11.3 Å². The first-order valence-electron chi connectivity index (χ1n) is 9.15. The summed E-state index contributed by atoms with van der Waals surface area (Å²) in [4.78, 5) is 26.4. The van der Waals surface area contributed by atoms with E-state index in [2.05, 4.69) is 6.92 Å². The molecule has 1 aliphatic rings. The Kier molecular flexibility index (Phi) is 5.41. The molecule has 0 atom stereocenters. The number of likely N-dealkylation sites (tertiary alicyclic amines) is 1. The van der Waals surface area contributed by atoms with E-state index < -0.39 is 0 Å². The minimum atomic E-state index is 0.00777. The Morgan fingerprint density at radius 3 is 2.64 bits per heavy atom. The van der Waals surface area contributed by atoms with Crippen molar-refractivity contribution in [3.05, 3.63) is 40.2 Å². The molecule has 25 heavy (non-hydrogen) atoms. The van der Waals surface area contributed by atoms with Crippen molar-refractivity contribution in [1.82, 2.24) is 9.47 Å². The van der Waals surface area contributed by atoms with Gasteiger partial charge in [-0.15, -0.1) is 0 Å². The maximum Gasteiger partial charge on any atom is 0.260 e. The van der Waals surface area contributed by atoms with Crippen molar-refractivity contribution >= 4 is 16.8 Å². The summed E-state index contributed by atoms with van der Waals surface area (Å²) in [6, 6.07) is 7.40. The van der Waals surface area contributed by atoms with Crippen LogP contribution < -0.4 is 10.3 Å². The van der Waals surface area contributed by atoms with Crippen LogP contribution in [0.2, 0.25) is 0 Å². The number of pyridine rings is 1. The second kappa shape index (κ2) is 7.72. The number of nitrogens with zero attached hydrogens (tertiary/aromatic N) is 2. The van der Waals surface area contributed by atoms with Gasteiger partial charge in [-0.1, -0.05) is 6.92 Å². The molecule has 3 rings (SSSR count). The van der Waals surface area contributed by atoms with Crippen molar-refractivity contribution in [2.75, 3.05) is 19.7 Å². The normalized spacial score (nSPS) is 14.7. The van der Waals surface area contributed by atoms with Crippen LogP contribution in [0.3, 0.4) is 0 Å². The summed E-state index contributed by atoms with van der Waals surface area (Å²) in [6.45, 7) is 6.38. The van der Waals surface area contributed by atoms with E-state index in [0.29, 0.717) is 12.3 Å². The minimum absolute atomic E-state index is 0.00777. The molecule has 1 saturated heterocycles. The second-order valence-electron chi connectivity index (χ2n) is 6.73. The van der Waals surface area contributed by atoms with Crippen molar-refractivity contribution in [3.8, 4) is 5.75 Å². The Balaban J connectivity index is 1.81. The summed E-state index contributed by atoms with van der Waals surface area (Å²) < 4.78 is 7.51. The van der Waals surface area contributed by atoms with E-state index in [1.54, 1.807) is 10.6 Å².